The standard InChI is InChI=1S/C19H26N4O3/c1-13(2)23-12-16(22-9-7-20-8-10-22)11-17(23)18(24)21-15-5-3-14(4-6-15)19(25)26/h3-6,16-17,20H,1,7-12H2,2H3,(H,21,24)(H,25,26). The number of hydrogen-bond acceptors (Lipinski definition) is 5. The van der Waals surface area contributed by atoms with Crippen molar-refractivity contribution < 1.29 is 14.7 Å². The van der Waals surface area contributed by atoms with Gasteiger partial charge in [0.1, 0.15) is 6.04 Å². The number of aromatic carboxylic acids is 1. The summed E-state index contributed by atoms with van der Waals surface area (Å²) >= 11 is 0. The van der Waals surface area contributed by atoms with Crippen molar-refractivity contribution in [2.45, 2.75) is 25.4 Å². The van der Waals surface area contributed by atoms with Gasteiger partial charge in [0, 0.05) is 50.2 Å². The van der Waals surface area contributed by atoms with Crippen molar-refractivity contribution in [3.05, 3.63) is 42.1 Å². The van der Waals surface area contributed by atoms with Gasteiger partial charge in [0.05, 0.1) is 5.56 Å². The summed E-state index contributed by atoms with van der Waals surface area (Å²) in [5.74, 6) is -1.06. The van der Waals surface area contributed by atoms with E-state index >= 15 is 0 Å². The molecule has 2 saturated heterocycles. The van der Waals surface area contributed by atoms with E-state index < -0.39 is 5.97 Å². The molecule has 2 atom stereocenters. The molecule has 2 heterocycles. The van der Waals surface area contributed by atoms with Crippen molar-refractivity contribution in [1.82, 2.24) is 15.1 Å². The van der Waals surface area contributed by atoms with Gasteiger partial charge in [0.2, 0.25) is 5.91 Å². The minimum absolute atomic E-state index is 0.0753. The van der Waals surface area contributed by atoms with Crippen molar-refractivity contribution in [3.8, 4) is 0 Å². The highest BCUT2D eigenvalue weighted by Crippen LogP contribution is 2.27. The Bertz CT molecular complexity index is 683. The third-order valence-electron chi connectivity index (χ3n) is 5.14. The number of benzene rings is 1. The van der Waals surface area contributed by atoms with E-state index in [4.69, 9.17) is 5.11 Å². The van der Waals surface area contributed by atoms with Crippen LogP contribution in [0.4, 0.5) is 5.69 Å². The summed E-state index contributed by atoms with van der Waals surface area (Å²) in [4.78, 5) is 28.3. The molecule has 2 fully saturated rings. The number of nitrogens with one attached hydrogen (secondary N) is 2. The number of carbonyl (C=O) groups excluding carboxylic acids is 1. The number of nitrogens with zero attached hydrogens (tertiary/aromatic N) is 2. The lowest BCUT2D eigenvalue weighted by molar-refractivity contribution is -0.119. The van der Waals surface area contributed by atoms with Crippen molar-refractivity contribution in [2.24, 2.45) is 0 Å². The van der Waals surface area contributed by atoms with Crippen LogP contribution in [0.3, 0.4) is 0 Å². The van der Waals surface area contributed by atoms with Crippen LogP contribution < -0.4 is 10.6 Å². The zero-order chi connectivity index (χ0) is 18.7. The van der Waals surface area contributed by atoms with Crippen LogP contribution in [0.2, 0.25) is 0 Å². The number of carbonyl (C=O) groups is 2. The molecule has 1 aromatic rings. The van der Waals surface area contributed by atoms with Gasteiger partial charge in [-0.2, -0.15) is 0 Å². The van der Waals surface area contributed by atoms with Crippen molar-refractivity contribution in [2.75, 3.05) is 38.0 Å². The quantitative estimate of drug-likeness (QED) is 0.734. The van der Waals surface area contributed by atoms with E-state index in [1.807, 2.05) is 6.92 Å². The van der Waals surface area contributed by atoms with Gasteiger partial charge >= 0.3 is 5.97 Å². The predicted molar refractivity (Wildman–Crippen MR) is 100 cm³/mol. The molecule has 1 aromatic carbocycles. The van der Waals surface area contributed by atoms with E-state index in [-0.39, 0.29) is 17.5 Å². The van der Waals surface area contributed by atoms with Crippen molar-refractivity contribution >= 4 is 17.6 Å². The number of amides is 1. The molecule has 140 valence electrons. The molecule has 2 aliphatic heterocycles. The molecule has 7 nitrogen and oxygen atoms in total. The van der Waals surface area contributed by atoms with Crippen LogP contribution >= 0.6 is 0 Å². The molecular weight excluding hydrogens is 332 g/mol. The number of piperazine rings is 1. The average Bonchev–Trinajstić information content (AvgIpc) is 3.09. The molecule has 3 N–H and O–H groups in total. The number of anilines is 1. The maximum absolute atomic E-state index is 12.8. The van der Waals surface area contributed by atoms with Crippen LogP contribution in [0, 0.1) is 0 Å². The minimum Gasteiger partial charge on any atom is -0.478 e. The molecule has 3 rings (SSSR count). The number of allylic oxidation sites excluding steroid dienone is 1. The van der Waals surface area contributed by atoms with Crippen LogP contribution in [-0.4, -0.2) is 71.6 Å². The lowest BCUT2D eigenvalue weighted by Gasteiger charge is -2.32. The first kappa shape index (κ1) is 18.4. The highest BCUT2D eigenvalue weighted by molar-refractivity contribution is 5.96. The number of carboxylic acids is 1. The third-order valence-corrected chi connectivity index (χ3v) is 5.14. The van der Waals surface area contributed by atoms with Crippen LogP contribution in [0.15, 0.2) is 36.5 Å². The van der Waals surface area contributed by atoms with Gasteiger partial charge in [-0.3, -0.25) is 9.69 Å². The summed E-state index contributed by atoms with van der Waals surface area (Å²) in [5, 5.41) is 15.2. The lowest BCUT2D eigenvalue weighted by Crippen LogP contribution is -2.49. The Morgan fingerprint density at radius 3 is 2.46 bits per heavy atom. The van der Waals surface area contributed by atoms with Crippen LogP contribution in [0.25, 0.3) is 0 Å². The van der Waals surface area contributed by atoms with Gasteiger partial charge in [-0.15, -0.1) is 0 Å². The molecule has 2 unspecified atom stereocenters. The molecule has 26 heavy (non-hydrogen) atoms. The van der Waals surface area contributed by atoms with Gasteiger partial charge in [-0.05, 0) is 37.6 Å². The maximum atomic E-state index is 12.8. The van der Waals surface area contributed by atoms with Gasteiger partial charge < -0.3 is 20.6 Å². The van der Waals surface area contributed by atoms with Crippen molar-refractivity contribution in [1.29, 1.82) is 0 Å². The Morgan fingerprint density at radius 1 is 1.23 bits per heavy atom. The number of rotatable bonds is 5. The Labute approximate surface area is 153 Å². The largest absolute Gasteiger partial charge is 0.478 e. The topological polar surface area (TPSA) is 84.9 Å². The maximum Gasteiger partial charge on any atom is 0.335 e. The molecule has 0 radical (unpaired) electrons. The summed E-state index contributed by atoms with van der Waals surface area (Å²) < 4.78 is 0. The zero-order valence-corrected chi connectivity index (χ0v) is 15.1. The smallest absolute Gasteiger partial charge is 0.335 e. The highest BCUT2D eigenvalue weighted by atomic mass is 16.4. The molecule has 7 heteroatoms. The summed E-state index contributed by atoms with van der Waals surface area (Å²) in [6.45, 7) is 10.7. The van der Waals surface area contributed by atoms with E-state index in [0.717, 1.165) is 44.8 Å². The van der Waals surface area contributed by atoms with E-state index in [2.05, 4.69) is 27.0 Å². The second kappa shape index (κ2) is 7.88. The Balaban J connectivity index is 1.67. The van der Waals surface area contributed by atoms with Crippen LogP contribution in [0.1, 0.15) is 23.7 Å². The van der Waals surface area contributed by atoms with Crippen LogP contribution in [-0.2, 0) is 4.79 Å². The zero-order valence-electron chi connectivity index (χ0n) is 15.1. The molecule has 0 spiro atoms. The third kappa shape index (κ3) is 4.05. The second-order valence-corrected chi connectivity index (χ2v) is 6.95. The molecule has 0 bridgehead atoms. The lowest BCUT2D eigenvalue weighted by atomic mass is 10.1. The van der Waals surface area contributed by atoms with Crippen LogP contribution in [0.5, 0.6) is 0 Å². The summed E-state index contributed by atoms with van der Waals surface area (Å²) in [6, 6.07) is 6.31. The van der Waals surface area contributed by atoms with E-state index in [1.54, 1.807) is 12.1 Å². The molecule has 0 aliphatic carbocycles. The number of hydrogen-bond donors (Lipinski definition) is 3. The second-order valence-electron chi connectivity index (χ2n) is 6.95. The summed E-state index contributed by atoms with van der Waals surface area (Å²) in [6.07, 6.45) is 0.770. The molecule has 0 saturated carbocycles. The Morgan fingerprint density at radius 2 is 1.88 bits per heavy atom. The molecular formula is C19H26N4O3. The molecule has 1 amide bonds. The van der Waals surface area contributed by atoms with Gasteiger partial charge in [0.15, 0.2) is 0 Å². The minimum atomic E-state index is -0.981. The normalized spacial score (nSPS) is 23.7. The summed E-state index contributed by atoms with van der Waals surface area (Å²) in [5.41, 5.74) is 1.70. The average molecular weight is 358 g/mol. The monoisotopic (exact) mass is 358 g/mol. The molecule has 2 aliphatic rings. The first-order valence-electron chi connectivity index (χ1n) is 8.97. The Hall–Kier alpha value is -2.38. The Kier molecular flexibility index (Phi) is 5.58. The van der Waals surface area contributed by atoms with E-state index in [9.17, 15) is 9.59 Å². The van der Waals surface area contributed by atoms with Gasteiger partial charge in [-0.25, -0.2) is 4.79 Å². The van der Waals surface area contributed by atoms with E-state index in [0.29, 0.717) is 11.7 Å². The first-order chi connectivity index (χ1) is 12.5. The fourth-order valence-corrected chi connectivity index (χ4v) is 3.72. The number of likely N-dealkylation sites (tertiary alicyclic amines) is 1. The number of carboxylic acid groups (broad SMARTS) is 1. The van der Waals surface area contributed by atoms with Gasteiger partial charge in [0.25, 0.3) is 0 Å². The fraction of sp³-hybridized carbons (Fsp3) is 0.474. The van der Waals surface area contributed by atoms with E-state index in [1.165, 1.54) is 12.1 Å². The highest BCUT2D eigenvalue weighted by Gasteiger charge is 2.39. The predicted octanol–water partition coefficient (Wildman–Crippen LogP) is 1.21. The molecule has 0 aromatic heterocycles. The fourth-order valence-electron chi connectivity index (χ4n) is 3.72. The van der Waals surface area contributed by atoms with Gasteiger partial charge in [-0.1, -0.05) is 6.58 Å². The van der Waals surface area contributed by atoms with Crippen molar-refractivity contribution in [3.63, 3.8) is 0 Å². The SMILES string of the molecule is C=C(C)N1CC(N2CCNCC2)CC1C(=O)Nc1ccc(C(=O)O)cc1. The summed E-state index contributed by atoms with van der Waals surface area (Å²) in [7, 11) is 0. The first-order valence-corrected chi connectivity index (χ1v) is 8.97.